The van der Waals surface area contributed by atoms with Crippen molar-refractivity contribution < 1.29 is 18.0 Å². The highest BCUT2D eigenvalue weighted by atomic mass is 35.5. The van der Waals surface area contributed by atoms with Crippen molar-refractivity contribution in [1.29, 1.82) is 0 Å². The molecule has 1 aliphatic rings. The van der Waals surface area contributed by atoms with Gasteiger partial charge in [0.25, 0.3) is 10.0 Å². The van der Waals surface area contributed by atoms with Crippen LogP contribution in [0.1, 0.15) is 36.8 Å². The Bertz CT molecular complexity index is 1700. The standard InChI is InChI=1S/C35H35Cl2N3O4S/c36-28-20-21-31(37)32(23-28)40(45(43,44)30-18-8-3-9-19-30)25-34(41)39(24-27-14-6-2-7-15-27)33(22-26-12-4-1-5-13-26)35(42)38-29-16-10-11-17-29/h1-9,12-15,18-21,23,29,33H,10-11,16-17,22,24-25H2,(H,38,42)/t33-/m1/s1. The predicted octanol–water partition coefficient (Wildman–Crippen LogP) is 6.89. The third-order valence-electron chi connectivity index (χ3n) is 7.96. The molecular weight excluding hydrogens is 629 g/mol. The lowest BCUT2D eigenvalue weighted by Gasteiger charge is -2.34. The maximum atomic E-state index is 14.5. The molecule has 0 saturated heterocycles. The Morgan fingerprint density at radius 1 is 0.800 bits per heavy atom. The van der Waals surface area contributed by atoms with Gasteiger partial charge in [0.2, 0.25) is 11.8 Å². The topological polar surface area (TPSA) is 86.8 Å². The van der Waals surface area contributed by atoms with E-state index < -0.39 is 28.5 Å². The number of hydrogen-bond donors (Lipinski definition) is 1. The van der Waals surface area contributed by atoms with Crippen LogP contribution in [0.5, 0.6) is 0 Å². The molecule has 1 N–H and O–H groups in total. The summed E-state index contributed by atoms with van der Waals surface area (Å²) in [5.41, 5.74) is 1.74. The molecule has 0 heterocycles. The summed E-state index contributed by atoms with van der Waals surface area (Å²) in [5.74, 6) is -0.829. The van der Waals surface area contributed by atoms with Crippen LogP contribution in [0.25, 0.3) is 0 Å². The molecule has 1 saturated carbocycles. The zero-order valence-electron chi connectivity index (χ0n) is 24.7. The molecule has 0 radical (unpaired) electrons. The summed E-state index contributed by atoms with van der Waals surface area (Å²) in [5, 5.41) is 3.55. The maximum Gasteiger partial charge on any atom is 0.264 e. The summed E-state index contributed by atoms with van der Waals surface area (Å²) in [6, 6.07) is 30.3. The lowest BCUT2D eigenvalue weighted by atomic mass is 10.0. The van der Waals surface area contributed by atoms with Crippen LogP contribution in [0.4, 0.5) is 5.69 Å². The summed E-state index contributed by atoms with van der Waals surface area (Å²) in [6.45, 7) is -0.510. The van der Waals surface area contributed by atoms with E-state index in [2.05, 4.69) is 5.32 Å². The lowest BCUT2D eigenvalue weighted by Crippen LogP contribution is -2.54. The van der Waals surface area contributed by atoms with Gasteiger partial charge in [-0.3, -0.25) is 13.9 Å². The van der Waals surface area contributed by atoms with Crippen molar-refractivity contribution in [1.82, 2.24) is 10.2 Å². The average molecular weight is 665 g/mol. The minimum absolute atomic E-state index is 0.0109. The molecule has 4 aromatic carbocycles. The second-order valence-corrected chi connectivity index (χ2v) is 13.8. The molecule has 10 heteroatoms. The number of hydrogen-bond acceptors (Lipinski definition) is 4. The zero-order valence-corrected chi connectivity index (χ0v) is 27.0. The highest BCUT2D eigenvalue weighted by Gasteiger charge is 2.36. The normalized spacial score (nSPS) is 14.1. The smallest absolute Gasteiger partial charge is 0.264 e. The van der Waals surface area contributed by atoms with Crippen molar-refractivity contribution in [3.63, 3.8) is 0 Å². The van der Waals surface area contributed by atoms with Crippen molar-refractivity contribution in [2.75, 3.05) is 10.8 Å². The van der Waals surface area contributed by atoms with Gasteiger partial charge in [-0.1, -0.05) is 115 Å². The van der Waals surface area contributed by atoms with Crippen LogP contribution in [0.3, 0.4) is 0 Å². The van der Waals surface area contributed by atoms with Gasteiger partial charge >= 0.3 is 0 Å². The molecule has 4 aromatic rings. The molecule has 234 valence electrons. The van der Waals surface area contributed by atoms with E-state index in [4.69, 9.17) is 23.2 Å². The Kier molecular flexibility index (Phi) is 10.8. The number of halogens is 2. The Hall–Kier alpha value is -3.85. The van der Waals surface area contributed by atoms with Crippen molar-refractivity contribution in [2.24, 2.45) is 0 Å². The number of sulfonamides is 1. The monoisotopic (exact) mass is 663 g/mol. The van der Waals surface area contributed by atoms with E-state index in [0.29, 0.717) is 0 Å². The maximum absolute atomic E-state index is 14.5. The van der Waals surface area contributed by atoms with Crippen LogP contribution in [0.2, 0.25) is 10.0 Å². The second kappa shape index (κ2) is 15.0. The highest BCUT2D eigenvalue weighted by molar-refractivity contribution is 7.92. The fraction of sp³-hybridized carbons (Fsp3) is 0.257. The molecule has 0 unspecified atom stereocenters. The third-order valence-corrected chi connectivity index (χ3v) is 10.3. The summed E-state index contributed by atoms with van der Waals surface area (Å²) in [4.78, 5) is 30.1. The van der Waals surface area contributed by atoms with Crippen molar-refractivity contribution in [3.05, 3.63) is 130 Å². The molecule has 7 nitrogen and oxygen atoms in total. The molecule has 45 heavy (non-hydrogen) atoms. The van der Waals surface area contributed by atoms with Gasteiger partial charge in [-0.2, -0.15) is 0 Å². The molecule has 0 bridgehead atoms. The van der Waals surface area contributed by atoms with E-state index in [9.17, 15) is 18.0 Å². The molecular formula is C35H35Cl2N3O4S. The van der Waals surface area contributed by atoms with E-state index >= 15 is 0 Å². The van der Waals surface area contributed by atoms with Gasteiger partial charge in [-0.05, 0) is 54.3 Å². The number of rotatable bonds is 12. The average Bonchev–Trinajstić information content (AvgIpc) is 3.57. The number of nitrogens with zero attached hydrogens (tertiary/aromatic N) is 2. The van der Waals surface area contributed by atoms with Crippen LogP contribution >= 0.6 is 23.2 Å². The van der Waals surface area contributed by atoms with Crippen LogP contribution in [-0.4, -0.2) is 43.8 Å². The second-order valence-electron chi connectivity index (χ2n) is 11.1. The number of carbonyl (C=O) groups is 2. The third kappa shape index (κ3) is 8.25. The highest BCUT2D eigenvalue weighted by Crippen LogP contribution is 2.33. The Morgan fingerprint density at radius 3 is 2.00 bits per heavy atom. The fourth-order valence-corrected chi connectivity index (χ4v) is 7.49. The first-order valence-corrected chi connectivity index (χ1v) is 17.1. The molecule has 0 aromatic heterocycles. The SMILES string of the molecule is O=C(NC1CCCC1)[C@@H](Cc1ccccc1)N(Cc1ccccc1)C(=O)CN(c1cc(Cl)ccc1Cl)S(=O)(=O)c1ccccc1. The number of amides is 2. The van der Waals surface area contributed by atoms with Crippen LogP contribution < -0.4 is 9.62 Å². The lowest BCUT2D eigenvalue weighted by molar-refractivity contribution is -0.140. The first-order valence-electron chi connectivity index (χ1n) is 14.9. The molecule has 1 atom stereocenters. The quantitative estimate of drug-likeness (QED) is 0.179. The summed E-state index contributed by atoms with van der Waals surface area (Å²) in [6.07, 6.45) is 4.09. The largest absolute Gasteiger partial charge is 0.352 e. The minimum Gasteiger partial charge on any atom is -0.352 e. The molecule has 1 fully saturated rings. The van der Waals surface area contributed by atoms with E-state index in [0.717, 1.165) is 41.1 Å². The summed E-state index contributed by atoms with van der Waals surface area (Å²) >= 11 is 12.8. The number of nitrogens with one attached hydrogen (secondary N) is 1. The predicted molar refractivity (Wildman–Crippen MR) is 179 cm³/mol. The number of carbonyl (C=O) groups excluding carboxylic acids is 2. The van der Waals surface area contributed by atoms with Crippen LogP contribution in [0, 0.1) is 0 Å². The first kappa shape index (κ1) is 32.5. The summed E-state index contributed by atoms with van der Waals surface area (Å²) in [7, 11) is -4.28. The Labute approximate surface area is 274 Å². The molecule has 5 rings (SSSR count). The molecule has 0 aliphatic heterocycles. The zero-order chi connectivity index (χ0) is 31.8. The summed E-state index contributed by atoms with van der Waals surface area (Å²) < 4.78 is 29.2. The van der Waals surface area contributed by atoms with Gasteiger partial charge < -0.3 is 10.2 Å². The van der Waals surface area contributed by atoms with Gasteiger partial charge in [-0.25, -0.2) is 8.42 Å². The van der Waals surface area contributed by atoms with Gasteiger partial charge in [-0.15, -0.1) is 0 Å². The fourth-order valence-electron chi connectivity index (χ4n) is 5.61. The van der Waals surface area contributed by atoms with Crippen LogP contribution in [0.15, 0.2) is 114 Å². The van der Waals surface area contributed by atoms with Crippen LogP contribution in [-0.2, 0) is 32.6 Å². The Balaban J connectivity index is 1.57. The van der Waals surface area contributed by atoms with E-state index in [-0.39, 0.29) is 45.5 Å². The van der Waals surface area contributed by atoms with Gasteiger partial charge in [0.15, 0.2) is 0 Å². The molecule has 0 spiro atoms. The molecule has 2 amide bonds. The molecule has 1 aliphatic carbocycles. The number of benzene rings is 4. The Morgan fingerprint density at radius 2 is 1.38 bits per heavy atom. The minimum atomic E-state index is -4.28. The number of anilines is 1. The van der Waals surface area contributed by atoms with E-state index in [1.807, 2.05) is 60.7 Å². The van der Waals surface area contributed by atoms with E-state index in [1.165, 1.54) is 29.2 Å². The van der Waals surface area contributed by atoms with Crippen molar-refractivity contribution >= 4 is 50.7 Å². The first-order chi connectivity index (χ1) is 21.7. The van der Waals surface area contributed by atoms with Gasteiger partial charge in [0.1, 0.15) is 12.6 Å². The van der Waals surface area contributed by atoms with Crippen molar-refractivity contribution in [3.8, 4) is 0 Å². The van der Waals surface area contributed by atoms with Gasteiger partial charge in [0, 0.05) is 24.0 Å². The van der Waals surface area contributed by atoms with E-state index in [1.54, 1.807) is 24.3 Å². The van der Waals surface area contributed by atoms with Gasteiger partial charge in [0.05, 0.1) is 15.6 Å². The van der Waals surface area contributed by atoms with Crippen molar-refractivity contribution in [2.45, 2.75) is 55.6 Å².